The van der Waals surface area contributed by atoms with Crippen LogP contribution >= 0.6 is 0 Å². The third-order valence-corrected chi connectivity index (χ3v) is 3.11. The molecule has 1 aromatic carbocycles. The highest BCUT2D eigenvalue weighted by Gasteiger charge is 2.26. The van der Waals surface area contributed by atoms with Crippen LogP contribution in [0, 0.1) is 0 Å². The van der Waals surface area contributed by atoms with Gasteiger partial charge in [0.05, 0.1) is 6.42 Å². The van der Waals surface area contributed by atoms with Crippen molar-refractivity contribution in [2.45, 2.75) is 12.8 Å². The Kier molecular flexibility index (Phi) is 3.50. The van der Waals surface area contributed by atoms with Crippen LogP contribution in [-0.4, -0.2) is 42.1 Å². The monoisotopic (exact) mass is 248 g/mol. The molecule has 1 heterocycles. The van der Waals surface area contributed by atoms with Gasteiger partial charge in [-0.3, -0.25) is 9.69 Å². The number of para-hydroxylation sites is 1. The van der Waals surface area contributed by atoms with E-state index in [0.717, 1.165) is 17.7 Å². The Bertz CT molecular complexity index is 473. The van der Waals surface area contributed by atoms with Crippen LogP contribution < -0.4 is 4.90 Å². The number of nitrogens with zero attached hydrogens (tertiary/aromatic N) is 2. The number of carboxylic acid groups (broad SMARTS) is 1. The van der Waals surface area contributed by atoms with Crippen molar-refractivity contribution >= 4 is 17.7 Å². The van der Waals surface area contributed by atoms with Gasteiger partial charge >= 0.3 is 12.0 Å². The van der Waals surface area contributed by atoms with Gasteiger partial charge in [-0.05, 0) is 18.1 Å². The summed E-state index contributed by atoms with van der Waals surface area (Å²) in [6, 6.07) is 7.66. The highest BCUT2D eigenvalue weighted by molar-refractivity contribution is 5.94. The van der Waals surface area contributed by atoms with Crippen molar-refractivity contribution in [3.05, 3.63) is 29.8 Å². The molecular formula is C13H16N2O3. The molecule has 5 nitrogen and oxygen atoms in total. The quantitative estimate of drug-likeness (QED) is 0.883. The average Bonchev–Trinajstić information content (AvgIpc) is 2.78. The fraction of sp³-hybridized carbons (Fsp3) is 0.385. The van der Waals surface area contributed by atoms with Gasteiger partial charge in [0.25, 0.3) is 0 Å². The van der Waals surface area contributed by atoms with Gasteiger partial charge in [-0.15, -0.1) is 0 Å². The smallest absolute Gasteiger partial charge is 0.324 e. The summed E-state index contributed by atoms with van der Waals surface area (Å²) in [6.07, 6.45) is 0.826. The van der Waals surface area contributed by atoms with E-state index < -0.39 is 5.97 Å². The predicted octanol–water partition coefficient (Wildman–Crippen LogP) is 1.58. The lowest BCUT2D eigenvalue weighted by Crippen LogP contribution is -2.41. The highest BCUT2D eigenvalue weighted by Crippen LogP contribution is 2.28. The number of hydrogen-bond acceptors (Lipinski definition) is 2. The Balaban J connectivity index is 2.05. The number of aliphatic carboxylic acids is 1. The van der Waals surface area contributed by atoms with Crippen LogP contribution in [0.2, 0.25) is 0 Å². The van der Waals surface area contributed by atoms with E-state index in [2.05, 4.69) is 0 Å². The predicted molar refractivity (Wildman–Crippen MR) is 67.8 cm³/mol. The zero-order valence-electron chi connectivity index (χ0n) is 10.3. The van der Waals surface area contributed by atoms with Gasteiger partial charge in [-0.2, -0.15) is 0 Å². The fourth-order valence-electron chi connectivity index (χ4n) is 2.10. The number of amides is 2. The molecule has 5 heteroatoms. The van der Waals surface area contributed by atoms with Crippen molar-refractivity contribution < 1.29 is 14.7 Å². The summed E-state index contributed by atoms with van der Waals surface area (Å²) in [5.41, 5.74) is 2.10. The molecule has 1 aliphatic rings. The van der Waals surface area contributed by atoms with Crippen molar-refractivity contribution in [1.29, 1.82) is 0 Å². The fourth-order valence-corrected chi connectivity index (χ4v) is 2.10. The molecule has 0 aliphatic carbocycles. The first-order chi connectivity index (χ1) is 8.59. The Morgan fingerprint density at radius 2 is 2.11 bits per heavy atom. The number of carbonyl (C=O) groups is 2. The van der Waals surface area contributed by atoms with Gasteiger partial charge in [0, 0.05) is 25.8 Å². The number of fused-ring (bicyclic) bond motifs is 1. The van der Waals surface area contributed by atoms with Crippen molar-refractivity contribution in [3.63, 3.8) is 0 Å². The van der Waals surface area contributed by atoms with E-state index in [4.69, 9.17) is 5.11 Å². The number of anilines is 1. The molecule has 0 aromatic heterocycles. The zero-order valence-corrected chi connectivity index (χ0v) is 10.3. The van der Waals surface area contributed by atoms with Crippen LogP contribution in [0.1, 0.15) is 12.0 Å². The number of carboxylic acids is 1. The molecule has 1 aromatic rings. The Labute approximate surface area is 106 Å². The summed E-state index contributed by atoms with van der Waals surface area (Å²) in [7, 11) is 1.63. The average molecular weight is 248 g/mol. The molecule has 0 atom stereocenters. The zero-order chi connectivity index (χ0) is 13.1. The maximum atomic E-state index is 12.2. The molecular weight excluding hydrogens is 232 g/mol. The second-order valence-corrected chi connectivity index (χ2v) is 4.38. The lowest BCUT2D eigenvalue weighted by Gasteiger charge is -2.24. The summed E-state index contributed by atoms with van der Waals surface area (Å²) in [4.78, 5) is 25.8. The van der Waals surface area contributed by atoms with E-state index in [-0.39, 0.29) is 19.0 Å². The van der Waals surface area contributed by atoms with Crippen LogP contribution in [0.4, 0.5) is 10.5 Å². The third kappa shape index (κ3) is 2.45. The summed E-state index contributed by atoms with van der Waals surface area (Å²) in [6.45, 7) is 0.891. The Morgan fingerprint density at radius 3 is 2.83 bits per heavy atom. The van der Waals surface area contributed by atoms with Crippen molar-refractivity contribution in [1.82, 2.24) is 4.90 Å². The van der Waals surface area contributed by atoms with Gasteiger partial charge in [0.15, 0.2) is 0 Å². The van der Waals surface area contributed by atoms with Crippen LogP contribution in [0.25, 0.3) is 0 Å². The second-order valence-electron chi connectivity index (χ2n) is 4.38. The lowest BCUT2D eigenvalue weighted by molar-refractivity contribution is -0.137. The molecule has 18 heavy (non-hydrogen) atoms. The van der Waals surface area contributed by atoms with Crippen LogP contribution in [0.5, 0.6) is 0 Å². The molecule has 96 valence electrons. The first-order valence-corrected chi connectivity index (χ1v) is 5.92. The first kappa shape index (κ1) is 12.4. The molecule has 0 radical (unpaired) electrons. The van der Waals surface area contributed by atoms with E-state index in [1.54, 1.807) is 11.9 Å². The number of rotatable bonds is 3. The van der Waals surface area contributed by atoms with E-state index in [0.29, 0.717) is 6.54 Å². The molecule has 0 saturated heterocycles. The maximum Gasteiger partial charge on any atom is 0.324 e. The van der Waals surface area contributed by atoms with Crippen molar-refractivity contribution in [3.8, 4) is 0 Å². The molecule has 0 fully saturated rings. The third-order valence-electron chi connectivity index (χ3n) is 3.11. The molecule has 2 amide bonds. The number of urea groups is 1. The molecule has 1 N–H and O–H groups in total. The van der Waals surface area contributed by atoms with Gasteiger partial charge in [-0.1, -0.05) is 18.2 Å². The molecule has 1 aliphatic heterocycles. The van der Waals surface area contributed by atoms with E-state index in [1.807, 2.05) is 24.3 Å². The van der Waals surface area contributed by atoms with Gasteiger partial charge in [-0.25, -0.2) is 4.79 Å². The van der Waals surface area contributed by atoms with Gasteiger partial charge in [0.1, 0.15) is 0 Å². The minimum atomic E-state index is -0.892. The molecule has 0 bridgehead atoms. The molecule has 0 saturated carbocycles. The summed E-state index contributed by atoms with van der Waals surface area (Å²) >= 11 is 0. The van der Waals surface area contributed by atoms with E-state index in [9.17, 15) is 9.59 Å². The van der Waals surface area contributed by atoms with Crippen molar-refractivity contribution in [2.75, 3.05) is 25.0 Å². The summed E-state index contributed by atoms with van der Waals surface area (Å²) < 4.78 is 0. The first-order valence-electron chi connectivity index (χ1n) is 5.92. The lowest BCUT2D eigenvalue weighted by atomic mass is 10.2. The number of carbonyl (C=O) groups excluding carboxylic acids is 1. The molecule has 2 rings (SSSR count). The van der Waals surface area contributed by atoms with E-state index >= 15 is 0 Å². The minimum absolute atomic E-state index is 0.0300. The number of benzene rings is 1. The normalized spacial score (nSPS) is 13.3. The van der Waals surface area contributed by atoms with Gasteiger partial charge < -0.3 is 10.0 Å². The molecule has 0 unspecified atom stereocenters. The summed E-state index contributed by atoms with van der Waals surface area (Å²) in [5.74, 6) is -0.892. The second kappa shape index (κ2) is 5.08. The Hall–Kier alpha value is -2.04. The van der Waals surface area contributed by atoms with Crippen LogP contribution in [0.15, 0.2) is 24.3 Å². The van der Waals surface area contributed by atoms with Crippen LogP contribution in [0.3, 0.4) is 0 Å². The largest absolute Gasteiger partial charge is 0.481 e. The summed E-state index contributed by atoms with van der Waals surface area (Å²) in [5, 5.41) is 8.62. The minimum Gasteiger partial charge on any atom is -0.481 e. The standard InChI is InChI=1S/C13H16N2O3/c1-14(8-7-12(16)17)13(18)15-9-6-10-4-2-3-5-11(10)15/h2-5H,6-9H2,1H3,(H,16,17). The van der Waals surface area contributed by atoms with Gasteiger partial charge in [0.2, 0.25) is 0 Å². The number of hydrogen-bond donors (Lipinski definition) is 1. The molecule has 0 spiro atoms. The van der Waals surface area contributed by atoms with Crippen molar-refractivity contribution in [2.24, 2.45) is 0 Å². The highest BCUT2D eigenvalue weighted by atomic mass is 16.4. The van der Waals surface area contributed by atoms with Crippen LogP contribution in [-0.2, 0) is 11.2 Å². The maximum absolute atomic E-state index is 12.2. The SMILES string of the molecule is CN(CCC(=O)O)C(=O)N1CCc2ccccc21. The van der Waals surface area contributed by atoms with E-state index in [1.165, 1.54) is 4.90 Å². The topological polar surface area (TPSA) is 60.9 Å². The Morgan fingerprint density at radius 1 is 1.39 bits per heavy atom.